The average Bonchev–Trinajstić information content (AvgIpc) is 3.77. The smallest absolute Gasteiger partial charge is 0.455 e. The molecule has 0 radical (unpaired) electrons. The fraction of sp³-hybridized carbons (Fsp3) is 0.0656. The fourth-order valence-corrected chi connectivity index (χ4v) is 8.83. The van der Waals surface area contributed by atoms with E-state index in [1.165, 1.54) is 33.4 Å². The second-order valence-corrected chi connectivity index (χ2v) is 16.4. The first kappa shape index (κ1) is 42.4. The number of fused-ring (bicyclic) bond motifs is 3. The van der Waals surface area contributed by atoms with Crippen molar-refractivity contribution < 1.29 is 24.5 Å². The first-order chi connectivity index (χ1) is 32.2. The molecule has 0 saturated carbocycles. The minimum Gasteiger partial charge on any atom is -0.455 e. The molecule has 66 heavy (non-hydrogen) atoms. The van der Waals surface area contributed by atoms with Gasteiger partial charge in [-0.25, -0.2) is 0 Å². The van der Waals surface area contributed by atoms with Crippen LogP contribution >= 0.6 is 0 Å². The summed E-state index contributed by atoms with van der Waals surface area (Å²) in [6, 6.07) is 76.4. The number of hydrogen-bond donors (Lipinski definition) is 0. The number of hydrogen-bond acceptors (Lipinski definition) is 4. The van der Waals surface area contributed by atoms with Crippen LogP contribution in [-0.4, -0.2) is 15.0 Å². The SMILES string of the molecule is [Ir+3].[c-]1cc(CCc2cc(CCc3c[c-]c(-c4ccccn4)cc3)cc(-c3ccccc3-c3c[c-]c(-c4cc(-c5cccc6c5oc5ccccc56)ccn4)cc3)c2)ccc1-c1ccccn1. The molecule has 4 heterocycles. The van der Waals surface area contributed by atoms with Crippen molar-refractivity contribution in [2.75, 3.05) is 0 Å². The molecule has 4 nitrogen and oxygen atoms in total. The van der Waals surface area contributed by atoms with Gasteiger partial charge in [0.25, 0.3) is 0 Å². The Morgan fingerprint density at radius 1 is 0.364 bits per heavy atom. The van der Waals surface area contributed by atoms with E-state index in [1.807, 2.05) is 73.2 Å². The van der Waals surface area contributed by atoms with E-state index >= 15 is 0 Å². The van der Waals surface area contributed by atoms with Gasteiger partial charge in [-0.3, -0.25) is 0 Å². The summed E-state index contributed by atoms with van der Waals surface area (Å²) in [5.41, 5.74) is 19.3. The maximum atomic E-state index is 6.38. The molecule has 0 aliphatic carbocycles. The zero-order valence-corrected chi connectivity index (χ0v) is 38.4. The molecule has 0 amide bonds. The van der Waals surface area contributed by atoms with Crippen molar-refractivity contribution >= 4 is 21.9 Å². The van der Waals surface area contributed by atoms with Crippen molar-refractivity contribution in [2.45, 2.75) is 25.7 Å². The first-order valence-corrected chi connectivity index (χ1v) is 22.1. The first-order valence-electron chi connectivity index (χ1n) is 22.1. The number of para-hydroxylation sites is 2. The Bertz CT molecular complexity index is 3300. The third-order valence-corrected chi connectivity index (χ3v) is 12.2. The van der Waals surface area contributed by atoms with E-state index in [4.69, 9.17) is 9.40 Å². The number of aromatic nitrogens is 3. The van der Waals surface area contributed by atoms with Crippen molar-refractivity contribution in [3.05, 3.63) is 247 Å². The van der Waals surface area contributed by atoms with Gasteiger partial charge in [0.2, 0.25) is 0 Å². The van der Waals surface area contributed by atoms with Crippen LogP contribution in [-0.2, 0) is 45.8 Å². The molecule has 0 spiro atoms. The van der Waals surface area contributed by atoms with Crippen molar-refractivity contribution in [1.29, 1.82) is 0 Å². The average molecular weight is 1030 g/mol. The van der Waals surface area contributed by atoms with Crippen LogP contribution in [0.25, 0.3) is 89.1 Å². The monoisotopic (exact) mass is 1030 g/mol. The molecule has 11 rings (SSSR count). The summed E-state index contributed by atoms with van der Waals surface area (Å²) >= 11 is 0. The molecule has 316 valence electrons. The summed E-state index contributed by atoms with van der Waals surface area (Å²) in [6.45, 7) is 0. The largest absolute Gasteiger partial charge is 3.00 e. The fourth-order valence-electron chi connectivity index (χ4n) is 8.83. The van der Waals surface area contributed by atoms with Crippen LogP contribution in [0, 0.1) is 18.2 Å². The van der Waals surface area contributed by atoms with Crippen LogP contribution in [0.4, 0.5) is 0 Å². The van der Waals surface area contributed by atoms with Crippen molar-refractivity contribution in [3.8, 4) is 67.2 Å². The maximum absolute atomic E-state index is 6.38. The topological polar surface area (TPSA) is 51.8 Å². The predicted molar refractivity (Wildman–Crippen MR) is 264 cm³/mol. The van der Waals surface area contributed by atoms with E-state index in [-0.39, 0.29) is 20.1 Å². The molecule has 7 aromatic carbocycles. The van der Waals surface area contributed by atoms with Gasteiger partial charge in [-0.1, -0.05) is 133 Å². The molecule has 0 unspecified atom stereocenters. The second-order valence-electron chi connectivity index (χ2n) is 16.4. The Labute approximate surface area is 399 Å². The molecule has 0 atom stereocenters. The van der Waals surface area contributed by atoms with Crippen LogP contribution in [0.1, 0.15) is 22.3 Å². The molecule has 0 bridgehead atoms. The number of furan rings is 1. The van der Waals surface area contributed by atoms with E-state index < -0.39 is 0 Å². The second kappa shape index (κ2) is 19.3. The van der Waals surface area contributed by atoms with Gasteiger partial charge < -0.3 is 19.4 Å². The normalized spacial score (nSPS) is 11.2. The van der Waals surface area contributed by atoms with Gasteiger partial charge in [-0.15, -0.1) is 101 Å². The molecule has 4 aromatic heterocycles. The summed E-state index contributed by atoms with van der Waals surface area (Å²) in [5, 5.41) is 2.23. The van der Waals surface area contributed by atoms with Crippen LogP contribution in [0.15, 0.2) is 211 Å². The summed E-state index contributed by atoms with van der Waals surface area (Å²) in [4.78, 5) is 13.8. The van der Waals surface area contributed by atoms with Crippen LogP contribution in [0.3, 0.4) is 0 Å². The van der Waals surface area contributed by atoms with E-state index in [1.54, 1.807) is 0 Å². The Balaban J connectivity index is 0.00000511. The molecule has 11 aromatic rings. The van der Waals surface area contributed by atoms with Gasteiger partial charge in [-0.05, 0) is 82.0 Å². The summed E-state index contributed by atoms with van der Waals surface area (Å²) in [7, 11) is 0. The Kier molecular flexibility index (Phi) is 12.4. The number of pyridine rings is 3. The minimum atomic E-state index is 0. The number of benzene rings is 7. The molecule has 0 saturated heterocycles. The molecular formula is C61H42IrN3O. The van der Waals surface area contributed by atoms with Gasteiger partial charge in [-0.2, -0.15) is 0 Å². The van der Waals surface area contributed by atoms with E-state index in [9.17, 15) is 0 Å². The summed E-state index contributed by atoms with van der Waals surface area (Å²) in [5.74, 6) is 0. The van der Waals surface area contributed by atoms with Crippen molar-refractivity contribution in [1.82, 2.24) is 15.0 Å². The quantitative estimate of drug-likeness (QED) is 0.114. The van der Waals surface area contributed by atoms with Gasteiger partial charge in [0, 0.05) is 34.9 Å². The van der Waals surface area contributed by atoms with Crippen LogP contribution in [0.5, 0.6) is 0 Å². The Hall–Kier alpha value is -7.56. The summed E-state index contributed by atoms with van der Waals surface area (Å²) in [6.07, 6.45) is 9.16. The predicted octanol–water partition coefficient (Wildman–Crippen LogP) is 14.7. The zero-order valence-electron chi connectivity index (χ0n) is 36.0. The number of nitrogens with zero attached hydrogens (tertiary/aromatic N) is 3. The molecule has 5 heteroatoms. The molecule has 0 aliphatic rings. The zero-order chi connectivity index (χ0) is 43.4. The van der Waals surface area contributed by atoms with Gasteiger partial charge in [0.05, 0.1) is 0 Å². The third-order valence-electron chi connectivity index (χ3n) is 12.2. The van der Waals surface area contributed by atoms with Gasteiger partial charge in [0.15, 0.2) is 0 Å². The van der Waals surface area contributed by atoms with E-state index in [0.717, 1.165) is 104 Å². The van der Waals surface area contributed by atoms with Gasteiger partial charge >= 0.3 is 20.1 Å². The van der Waals surface area contributed by atoms with Crippen LogP contribution in [0.2, 0.25) is 0 Å². The van der Waals surface area contributed by atoms with Gasteiger partial charge in [0.1, 0.15) is 11.2 Å². The number of aryl methyl sites for hydroxylation is 4. The Morgan fingerprint density at radius 2 is 0.909 bits per heavy atom. The third kappa shape index (κ3) is 9.05. The van der Waals surface area contributed by atoms with E-state index in [2.05, 4.69) is 162 Å². The van der Waals surface area contributed by atoms with Crippen LogP contribution < -0.4 is 0 Å². The molecule has 0 aliphatic heterocycles. The van der Waals surface area contributed by atoms with E-state index in [0.29, 0.717) is 0 Å². The maximum Gasteiger partial charge on any atom is 3.00 e. The standard InChI is InChI=1S/C61H42N3O.Ir/c1-2-11-53(52(10-1)46-30-32-49(33-31-46)59-41-50(34-37-64-59)54-13-9-14-56-55-12-3-4-17-60(55)65-61(54)56)51-39-44(20-18-42-22-26-47(27-23-42)57-15-5-7-35-62-57)38-45(40-51)21-19-43-24-28-48(29-25-43)58-16-6-8-36-63-58;/h1-17,22-26,28,30-32,34-41H,18-21H2;/q-3;+3. The number of rotatable bonds is 12. The minimum absolute atomic E-state index is 0. The molecule has 0 N–H and O–H groups in total. The summed E-state index contributed by atoms with van der Waals surface area (Å²) < 4.78 is 6.38. The van der Waals surface area contributed by atoms with Crippen molar-refractivity contribution in [2.24, 2.45) is 0 Å². The van der Waals surface area contributed by atoms with Crippen molar-refractivity contribution in [3.63, 3.8) is 0 Å². The molecular weight excluding hydrogens is 983 g/mol. The Morgan fingerprint density at radius 3 is 1.53 bits per heavy atom. The molecule has 0 fully saturated rings.